The highest BCUT2D eigenvalue weighted by molar-refractivity contribution is 7.09. The Morgan fingerprint density at radius 2 is 1.64 bits per heavy atom. The van der Waals surface area contributed by atoms with Crippen LogP contribution in [-0.2, 0) is 19.5 Å². The highest BCUT2D eigenvalue weighted by Gasteiger charge is 2.20. The Morgan fingerprint density at radius 3 is 2.36 bits per heavy atom. The smallest absolute Gasteiger partial charge is 0.271 e. The fourth-order valence-electron chi connectivity index (χ4n) is 5.00. The van der Waals surface area contributed by atoms with Crippen molar-refractivity contribution in [3.63, 3.8) is 0 Å². The van der Waals surface area contributed by atoms with E-state index in [0.29, 0.717) is 37.3 Å². The van der Waals surface area contributed by atoms with E-state index >= 15 is 0 Å². The van der Waals surface area contributed by atoms with Crippen LogP contribution in [-0.4, -0.2) is 32.8 Å². The van der Waals surface area contributed by atoms with Crippen LogP contribution in [0, 0.1) is 6.92 Å². The predicted molar refractivity (Wildman–Crippen MR) is 169 cm³/mol. The fourth-order valence-corrected chi connectivity index (χ4v) is 5.77. The predicted octanol–water partition coefficient (Wildman–Crippen LogP) is 7.07. The summed E-state index contributed by atoms with van der Waals surface area (Å²) in [6.07, 6.45) is 3.57. The average Bonchev–Trinajstić information content (AvgIpc) is 3.67. The Labute approximate surface area is 251 Å². The van der Waals surface area contributed by atoms with Crippen LogP contribution in [0.1, 0.15) is 67.6 Å². The summed E-state index contributed by atoms with van der Waals surface area (Å²) in [7, 11) is 0. The summed E-state index contributed by atoms with van der Waals surface area (Å²) in [5.41, 5.74) is 5.48. The van der Waals surface area contributed by atoms with Crippen LogP contribution in [0.2, 0.25) is 0 Å². The van der Waals surface area contributed by atoms with Crippen molar-refractivity contribution in [2.24, 2.45) is 0 Å². The molecule has 1 atom stereocenters. The Bertz CT molecular complexity index is 1590. The molecule has 0 radical (unpaired) electrons. The summed E-state index contributed by atoms with van der Waals surface area (Å²) in [4.78, 5) is 33.2. The molecule has 0 aliphatic rings. The third-order valence-corrected chi connectivity index (χ3v) is 8.07. The van der Waals surface area contributed by atoms with Crippen LogP contribution < -0.4 is 5.32 Å². The molecule has 5 rings (SSSR count). The molecule has 0 aliphatic heterocycles. The number of nitrogens with one attached hydrogen (secondary N) is 1. The topological polar surface area (TPSA) is 67.2 Å². The molecule has 6 nitrogen and oxygen atoms in total. The number of hydrogen-bond acceptors (Lipinski definition) is 4. The molecule has 2 heterocycles. The zero-order valence-corrected chi connectivity index (χ0v) is 24.9. The van der Waals surface area contributed by atoms with E-state index in [-0.39, 0.29) is 17.9 Å². The third-order valence-electron chi connectivity index (χ3n) is 7.24. The minimum absolute atomic E-state index is 0.0290. The average molecular weight is 577 g/mol. The molecule has 2 aromatic heterocycles. The second-order valence-electron chi connectivity index (χ2n) is 10.5. The molecule has 0 aliphatic carbocycles. The number of hydrogen-bond donors (Lipinski definition) is 1. The lowest BCUT2D eigenvalue weighted by Crippen LogP contribution is -2.32. The monoisotopic (exact) mass is 576 g/mol. The van der Waals surface area contributed by atoms with Gasteiger partial charge in [-0.25, -0.2) is 4.98 Å². The summed E-state index contributed by atoms with van der Waals surface area (Å²) in [6.45, 7) is 5.81. The maximum Gasteiger partial charge on any atom is 0.271 e. The molecule has 7 heteroatoms. The van der Waals surface area contributed by atoms with E-state index in [1.54, 1.807) is 0 Å². The maximum absolute atomic E-state index is 13.3. The number of thiazole rings is 1. The van der Waals surface area contributed by atoms with Gasteiger partial charge in [0.15, 0.2) is 0 Å². The van der Waals surface area contributed by atoms with E-state index in [4.69, 9.17) is 4.98 Å². The first kappa shape index (κ1) is 29.0. The first-order chi connectivity index (χ1) is 20.5. The summed E-state index contributed by atoms with van der Waals surface area (Å²) < 4.78 is 2.10. The molecule has 5 aromatic rings. The van der Waals surface area contributed by atoms with Gasteiger partial charge in [0.1, 0.15) is 10.7 Å². The van der Waals surface area contributed by atoms with E-state index in [9.17, 15) is 9.59 Å². The first-order valence-corrected chi connectivity index (χ1v) is 15.2. The molecule has 0 fully saturated rings. The molecule has 1 unspecified atom stereocenters. The lowest BCUT2D eigenvalue weighted by molar-refractivity contribution is 0.0739. The molecular weight excluding hydrogens is 540 g/mol. The van der Waals surface area contributed by atoms with Gasteiger partial charge >= 0.3 is 0 Å². The first-order valence-electron chi connectivity index (χ1n) is 14.3. The van der Waals surface area contributed by atoms with E-state index in [1.165, 1.54) is 11.3 Å². The highest BCUT2D eigenvalue weighted by atomic mass is 32.1. The van der Waals surface area contributed by atoms with Gasteiger partial charge < -0.3 is 14.8 Å². The SMILES string of the molecule is CCCN(Cc1cccn1Cc1nc(C(=O)NC(Cc2ccccc2)c2ccccc2)cs1)C(=O)c1ccc(C)cc1. The summed E-state index contributed by atoms with van der Waals surface area (Å²) in [6, 6.07) is 31.8. The van der Waals surface area contributed by atoms with E-state index in [2.05, 4.69) is 28.9 Å². The minimum Gasteiger partial charge on any atom is -0.344 e. The van der Waals surface area contributed by atoms with E-state index in [1.807, 2.05) is 108 Å². The van der Waals surface area contributed by atoms with Gasteiger partial charge in [0, 0.05) is 29.4 Å². The number of carbonyl (C=O) groups excluding carboxylic acids is 2. The van der Waals surface area contributed by atoms with Crippen molar-refractivity contribution in [1.82, 2.24) is 19.8 Å². The van der Waals surface area contributed by atoms with Gasteiger partial charge in [-0.15, -0.1) is 11.3 Å². The van der Waals surface area contributed by atoms with Gasteiger partial charge in [-0.05, 0) is 55.2 Å². The second-order valence-corrected chi connectivity index (χ2v) is 11.4. The molecule has 3 aromatic carbocycles. The Balaban J connectivity index is 1.27. The molecular formula is C35H36N4O2S. The number of carbonyl (C=O) groups is 2. The second kappa shape index (κ2) is 13.9. The van der Waals surface area contributed by atoms with E-state index < -0.39 is 0 Å². The van der Waals surface area contributed by atoms with Crippen LogP contribution >= 0.6 is 11.3 Å². The molecule has 0 saturated heterocycles. The molecule has 0 saturated carbocycles. The van der Waals surface area contributed by atoms with Crippen LogP contribution in [0.4, 0.5) is 0 Å². The standard InChI is InChI=1S/C35H36N4O2S/c1-3-20-39(35(41)29-18-16-26(2)17-19-29)23-30-15-10-21-38(30)24-33-36-32(25-42-33)34(40)37-31(28-13-8-5-9-14-28)22-27-11-6-4-7-12-27/h4-19,21,25,31H,3,20,22-24H2,1-2H3,(H,37,40). The maximum atomic E-state index is 13.3. The van der Waals surface area contributed by atoms with Crippen LogP contribution in [0.15, 0.2) is 109 Å². The lowest BCUT2D eigenvalue weighted by atomic mass is 9.99. The molecule has 1 N–H and O–H groups in total. The Hall–Kier alpha value is -4.49. The summed E-state index contributed by atoms with van der Waals surface area (Å²) in [5, 5.41) is 5.87. The van der Waals surface area contributed by atoms with Crippen molar-refractivity contribution in [1.29, 1.82) is 0 Å². The normalized spacial score (nSPS) is 11.7. The van der Waals surface area contributed by atoms with Crippen LogP contribution in [0.5, 0.6) is 0 Å². The number of aryl methyl sites for hydroxylation is 1. The van der Waals surface area contributed by atoms with Crippen molar-refractivity contribution in [2.45, 2.75) is 45.8 Å². The zero-order valence-electron chi connectivity index (χ0n) is 24.1. The van der Waals surface area contributed by atoms with Gasteiger partial charge in [-0.1, -0.05) is 85.3 Å². The van der Waals surface area contributed by atoms with Gasteiger partial charge in [0.25, 0.3) is 11.8 Å². The van der Waals surface area contributed by atoms with Gasteiger partial charge in [-0.2, -0.15) is 0 Å². The minimum atomic E-state index is -0.187. The molecule has 0 spiro atoms. The van der Waals surface area contributed by atoms with Crippen LogP contribution in [0.25, 0.3) is 0 Å². The van der Waals surface area contributed by atoms with Crippen molar-refractivity contribution in [2.75, 3.05) is 6.54 Å². The molecule has 0 bridgehead atoms. The summed E-state index contributed by atoms with van der Waals surface area (Å²) >= 11 is 1.47. The zero-order chi connectivity index (χ0) is 29.3. The van der Waals surface area contributed by atoms with Gasteiger partial charge in [-0.3, -0.25) is 9.59 Å². The molecule has 2 amide bonds. The Morgan fingerprint density at radius 1 is 0.929 bits per heavy atom. The lowest BCUT2D eigenvalue weighted by Gasteiger charge is -2.23. The Kier molecular flexibility index (Phi) is 9.62. The molecule has 214 valence electrons. The number of aromatic nitrogens is 2. The largest absolute Gasteiger partial charge is 0.344 e. The summed E-state index contributed by atoms with van der Waals surface area (Å²) in [5.74, 6) is -0.158. The number of rotatable bonds is 12. The van der Waals surface area contributed by atoms with Gasteiger partial charge in [0.2, 0.25) is 0 Å². The third kappa shape index (κ3) is 7.42. The van der Waals surface area contributed by atoms with Crippen LogP contribution in [0.3, 0.4) is 0 Å². The number of benzene rings is 3. The van der Waals surface area contributed by atoms with E-state index in [0.717, 1.165) is 33.8 Å². The fraction of sp³-hybridized carbons (Fsp3) is 0.229. The quantitative estimate of drug-likeness (QED) is 0.173. The molecule has 42 heavy (non-hydrogen) atoms. The van der Waals surface area contributed by atoms with Gasteiger partial charge in [0.05, 0.1) is 19.1 Å². The number of nitrogens with zero attached hydrogens (tertiary/aromatic N) is 3. The van der Waals surface area contributed by atoms with Crippen molar-refractivity contribution >= 4 is 23.2 Å². The number of amides is 2. The van der Waals surface area contributed by atoms with Crippen molar-refractivity contribution < 1.29 is 9.59 Å². The van der Waals surface area contributed by atoms with Crippen molar-refractivity contribution in [3.8, 4) is 0 Å². The van der Waals surface area contributed by atoms with Crippen molar-refractivity contribution in [3.05, 3.63) is 147 Å². The highest BCUT2D eigenvalue weighted by Crippen LogP contribution is 2.21.